The third kappa shape index (κ3) is 3.81. The highest BCUT2D eigenvalue weighted by Crippen LogP contribution is 2.33. The molecule has 0 atom stereocenters. The summed E-state index contributed by atoms with van der Waals surface area (Å²) < 4.78 is 6.03. The van der Waals surface area contributed by atoms with Gasteiger partial charge in [-0.15, -0.1) is 11.3 Å². The molecule has 1 aliphatic carbocycles. The molecule has 158 valence electrons. The lowest BCUT2D eigenvalue weighted by atomic mass is 9.97. The maximum atomic E-state index is 13.0. The molecule has 10 heteroatoms. The zero-order valence-corrected chi connectivity index (χ0v) is 17.3. The number of benzene rings is 1. The van der Waals surface area contributed by atoms with E-state index in [1.54, 1.807) is 35.6 Å². The van der Waals surface area contributed by atoms with Crippen LogP contribution < -0.4 is 16.6 Å². The Morgan fingerprint density at radius 2 is 2.13 bits per heavy atom. The van der Waals surface area contributed by atoms with Crippen molar-refractivity contribution in [2.75, 3.05) is 5.32 Å². The van der Waals surface area contributed by atoms with Gasteiger partial charge in [-0.25, -0.2) is 9.78 Å². The van der Waals surface area contributed by atoms with Crippen LogP contribution in [-0.2, 0) is 24.2 Å². The number of aromatic nitrogens is 4. The molecule has 0 radical (unpaired) electrons. The summed E-state index contributed by atoms with van der Waals surface area (Å²) in [7, 11) is 0. The second-order valence-electron chi connectivity index (χ2n) is 7.46. The van der Waals surface area contributed by atoms with Crippen molar-refractivity contribution >= 4 is 33.1 Å². The van der Waals surface area contributed by atoms with Gasteiger partial charge in [-0.2, -0.15) is 0 Å². The molecule has 5 rings (SSSR count). The van der Waals surface area contributed by atoms with Crippen molar-refractivity contribution in [1.82, 2.24) is 19.7 Å². The lowest BCUT2D eigenvalue weighted by Gasteiger charge is -2.10. The van der Waals surface area contributed by atoms with E-state index in [0.717, 1.165) is 41.5 Å². The van der Waals surface area contributed by atoms with Gasteiger partial charge in [0.2, 0.25) is 5.91 Å². The first-order valence-corrected chi connectivity index (χ1v) is 10.9. The van der Waals surface area contributed by atoms with Gasteiger partial charge in [-0.05, 0) is 43.4 Å². The molecule has 0 aliphatic heterocycles. The fourth-order valence-corrected chi connectivity index (χ4v) is 5.10. The van der Waals surface area contributed by atoms with E-state index in [0.29, 0.717) is 11.3 Å². The number of aryl methyl sites for hydroxylation is 3. The number of carbonyl (C=O) groups excluding carboxylic acids is 1. The van der Waals surface area contributed by atoms with Gasteiger partial charge in [0, 0.05) is 29.1 Å². The quantitative estimate of drug-likeness (QED) is 0.495. The van der Waals surface area contributed by atoms with Gasteiger partial charge < -0.3 is 5.32 Å². The van der Waals surface area contributed by atoms with E-state index >= 15 is 0 Å². The van der Waals surface area contributed by atoms with E-state index in [-0.39, 0.29) is 30.3 Å². The van der Waals surface area contributed by atoms with Crippen molar-refractivity contribution in [3.05, 3.63) is 61.9 Å². The average molecular weight is 437 g/mol. The molecular formula is C21H19N5O4S. The van der Waals surface area contributed by atoms with E-state index in [2.05, 4.69) is 25.0 Å². The number of hydrogen-bond acceptors (Lipinski definition) is 7. The second kappa shape index (κ2) is 7.95. The lowest BCUT2D eigenvalue weighted by molar-refractivity contribution is -0.116. The number of fused-ring (bicyclic) bond motifs is 3. The van der Waals surface area contributed by atoms with Crippen LogP contribution >= 0.6 is 11.3 Å². The molecule has 1 aliphatic rings. The number of nitrogens with zero attached hydrogens (tertiary/aromatic N) is 3. The van der Waals surface area contributed by atoms with Gasteiger partial charge >= 0.3 is 5.76 Å². The molecule has 1 aromatic carbocycles. The Kier molecular flexibility index (Phi) is 4.99. The Bertz CT molecular complexity index is 1400. The molecule has 9 nitrogen and oxygen atoms in total. The third-order valence-corrected chi connectivity index (χ3v) is 6.58. The number of H-pyrrole nitrogens is 1. The summed E-state index contributed by atoms with van der Waals surface area (Å²) in [5, 5.41) is 7.17. The SMILES string of the molecule is O=C(CCn1cnc2sc3c(c2c1=O)CCCC3)Nc1cccc(-c2noc(=O)[nH]2)c1. The van der Waals surface area contributed by atoms with Crippen molar-refractivity contribution < 1.29 is 9.32 Å². The van der Waals surface area contributed by atoms with Crippen LogP contribution in [0.15, 0.2) is 44.7 Å². The molecule has 3 aromatic heterocycles. The average Bonchev–Trinajstić information content (AvgIpc) is 3.37. The minimum Gasteiger partial charge on any atom is -0.326 e. The van der Waals surface area contributed by atoms with Crippen LogP contribution in [-0.4, -0.2) is 25.6 Å². The molecule has 4 aromatic rings. The summed E-state index contributed by atoms with van der Waals surface area (Å²) in [6, 6.07) is 6.89. The molecular weight excluding hydrogens is 418 g/mol. The number of anilines is 1. The number of thiophene rings is 1. The normalized spacial score (nSPS) is 13.3. The zero-order valence-electron chi connectivity index (χ0n) is 16.5. The van der Waals surface area contributed by atoms with E-state index in [9.17, 15) is 14.4 Å². The summed E-state index contributed by atoms with van der Waals surface area (Å²) in [5.41, 5.74) is 2.23. The summed E-state index contributed by atoms with van der Waals surface area (Å²) in [4.78, 5) is 45.6. The molecule has 0 unspecified atom stereocenters. The molecule has 0 bridgehead atoms. The van der Waals surface area contributed by atoms with E-state index in [1.165, 1.54) is 15.8 Å². The Morgan fingerprint density at radius 1 is 1.26 bits per heavy atom. The maximum absolute atomic E-state index is 13.0. The lowest BCUT2D eigenvalue weighted by Crippen LogP contribution is -2.24. The van der Waals surface area contributed by atoms with Crippen LogP contribution in [0.1, 0.15) is 29.7 Å². The predicted octanol–water partition coefficient (Wildman–Crippen LogP) is 2.71. The zero-order chi connectivity index (χ0) is 21.4. The number of aromatic amines is 1. The molecule has 0 fully saturated rings. The monoisotopic (exact) mass is 437 g/mol. The van der Waals surface area contributed by atoms with Crippen molar-refractivity contribution in [3.63, 3.8) is 0 Å². The van der Waals surface area contributed by atoms with Gasteiger partial charge in [-0.1, -0.05) is 17.3 Å². The largest absolute Gasteiger partial charge is 0.439 e. The Hall–Kier alpha value is -3.53. The highest BCUT2D eigenvalue weighted by atomic mass is 32.1. The fraction of sp³-hybridized carbons (Fsp3) is 0.286. The third-order valence-electron chi connectivity index (χ3n) is 5.38. The van der Waals surface area contributed by atoms with Gasteiger partial charge in [0.05, 0.1) is 11.7 Å². The number of rotatable bonds is 5. The highest BCUT2D eigenvalue weighted by molar-refractivity contribution is 7.18. The minimum atomic E-state index is -0.646. The van der Waals surface area contributed by atoms with Gasteiger partial charge in [0.25, 0.3) is 5.56 Å². The first-order valence-electron chi connectivity index (χ1n) is 10.0. The van der Waals surface area contributed by atoms with Gasteiger partial charge in [0.15, 0.2) is 5.82 Å². The number of carbonyl (C=O) groups is 1. The van der Waals surface area contributed by atoms with Crippen LogP contribution in [0.5, 0.6) is 0 Å². The van der Waals surface area contributed by atoms with Gasteiger partial charge in [0.1, 0.15) is 4.83 Å². The molecule has 31 heavy (non-hydrogen) atoms. The Balaban J connectivity index is 1.30. The van der Waals surface area contributed by atoms with Crippen LogP contribution in [0.3, 0.4) is 0 Å². The van der Waals surface area contributed by atoms with Crippen LogP contribution in [0.2, 0.25) is 0 Å². The fourth-order valence-electron chi connectivity index (χ4n) is 3.88. The first-order chi connectivity index (χ1) is 15.1. The molecule has 0 saturated heterocycles. The summed E-state index contributed by atoms with van der Waals surface area (Å²) in [5.74, 6) is -0.594. The molecule has 0 saturated carbocycles. The van der Waals surface area contributed by atoms with Gasteiger partial charge in [-0.3, -0.25) is 23.7 Å². The smallest absolute Gasteiger partial charge is 0.326 e. The number of amides is 1. The van der Waals surface area contributed by atoms with Crippen molar-refractivity contribution in [2.45, 2.75) is 38.6 Å². The summed E-state index contributed by atoms with van der Waals surface area (Å²) >= 11 is 1.61. The molecule has 2 N–H and O–H groups in total. The Labute approximate surface area is 179 Å². The first kappa shape index (κ1) is 19.4. The molecule has 1 amide bonds. The van der Waals surface area contributed by atoms with E-state index in [4.69, 9.17) is 0 Å². The Morgan fingerprint density at radius 3 is 2.97 bits per heavy atom. The van der Waals surface area contributed by atoms with Crippen molar-refractivity contribution in [3.8, 4) is 11.4 Å². The molecule has 0 spiro atoms. The van der Waals surface area contributed by atoms with Crippen LogP contribution in [0.4, 0.5) is 5.69 Å². The number of nitrogens with one attached hydrogen (secondary N) is 2. The van der Waals surface area contributed by atoms with E-state index < -0.39 is 5.76 Å². The topological polar surface area (TPSA) is 123 Å². The van der Waals surface area contributed by atoms with E-state index in [1.807, 2.05) is 0 Å². The molecule has 3 heterocycles. The van der Waals surface area contributed by atoms with Crippen molar-refractivity contribution in [1.29, 1.82) is 0 Å². The van der Waals surface area contributed by atoms with Crippen LogP contribution in [0.25, 0.3) is 21.6 Å². The maximum Gasteiger partial charge on any atom is 0.439 e. The standard InChI is InChI=1S/C21H19N5O4S/c27-16(23-13-5-3-4-12(10-13)18-24-21(29)30-25-18)8-9-26-11-22-19-17(20(26)28)14-6-1-2-7-15(14)31-19/h3-5,10-11H,1-2,6-9H2,(H,23,27)(H,24,25,29). The number of hydrogen-bond donors (Lipinski definition) is 2. The highest BCUT2D eigenvalue weighted by Gasteiger charge is 2.20. The summed E-state index contributed by atoms with van der Waals surface area (Å²) in [6.07, 6.45) is 5.84. The predicted molar refractivity (Wildman–Crippen MR) is 116 cm³/mol. The summed E-state index contributed by atoms with van der Waals surface area (Å²) in [6.45, 7) is 0.245. The van der Waals surface area contributed by atoms with Crippen LogP contribution in [0, 0.1) is 0 Å². The van der Waals surface area contributed by atoms with Crippen molar-refractivity contribution in [2.24, 2.45) is 0 Å². The minimum absolute atomic E-state index is 0.0748. The second-order valence-corrected chi connectivity index (χ2v) is 8.54.